The second-order valence-electron chi connectivity index (χ2n) is 9.99. The van der Waals surface area contributed by atoms with E-state index in [1.54, 1.807) is 20.8 Å². The second kappa shape index (κ2) is 10.1. The summed E-state index contributed by atoms with van der Waals surface area (Å²) in [4.78, 5) is 27.4. The van der Waals surface area contributed by atoms with Crippen LogP contribution in [-0.4, -0.2) is 40.1 Å². The van der Waals surface area contributed by atoms with Crippen LogP contribution in [0.3, 0.4) is 0 Å². The zero-order valence-electron chi connectivity index (χ0n) is 19.8. The lowest BCUT2D eigenvalue weighted by atomic mass is 9.63. The Morgan fingerprint density at radius 3 is 2.24 bits per heavy atom. The third-order valence-electron chi connectivity index (χ3n) is 6.49. The van der Waals surface area contributed by atoms with Crippen LogP contribution < -0.4 is 0 Å². The highest BCUT2D eigenvalue weighted by Gasteiger charge is 2.71. The van der Waals surface area contributed by atoms with Gasteiger partial charge in [0.1, 0.15) is 17.3 Å². The van der Waals surface area contributed by atoms with Gasteiger partial charge < -0.3 is 5.11 Å². The van der Waals surface area contributed by atoms with Crippen molar-refractivity contribution in [3.05, 3.63) is 69.5 Å². The molecule has 1 aliphatic heterocycles. The molecule has 2 aromatic rings. The van der Waals surface area contributed by atoms with E-state index in [0.29, 0.717) is 0 Å². The largest absolute Gasteiger partial charge is 0.480 e. The fourth-order valence-electron chi connectivity index (χ4n) is 5.14. The van der Waals surface area contributed by atoms with Gasteiger partial charge in [-0.15, -0.1) is 0 Å². The molecular formula is C25H22Cl2F4N2O4. The number of aliphatic carboxylic acids is 1. The quantitative estimate of drug-likeness (QED) is 0.330. The molecule has 3 rings (SSSR count). The average Bonchev–Trinajstić information content (AvgIpc) is 3.10. The molecule has 1 N–H and O–H groups in total. The lowest BCUT2D eigenvalue weighted by Gasteiger charge is -2.40. The Balaban J connectivity index is 2.54. The molecule has 6 nitrogen and oxygen atoms in total. The Morgan fingerprint density at radius 2 is 1.76 bits per heavy atom. The first-order valence-electron chi connectivity index (χ1n) is 11.0. The summed E-state index contributed by atoms with van der Waals surface area (Å²) in [6.07, 6.45) is -0.291. The maximum Gasteiger partial charge on any atom is 0.434 e. The molecule has 0 bridgehead atoms. The lowest BCUT2D eigenvalue weighted by molar-refractivity contribution is -0.245. The molecule has 0 amide bonds. The predicted molar refractivity (Wildman–Crippen MR) is 126 cm³/mol. The van der Waals surface area contributed by atoms with Crippen LogP contribution in [0.15, 0.2) is 42.5 Å². The number of nitrogens with zero attached hydrogens (tertiary/aromatic N) is 2. The van der Waals surface area contributed by atoms with Crippen molar-refractivity contribution in [3.8, 4) is 6.07 Å². The number of carboxylic acid groups (broad SMARTS) is 1. The van der Waals surface area contributed by atoms with Crippen molar-refractivity contribution in [1.82, 2.24) is 4.90 Å². The third kappa shape index (κ3) is 4.88. The van der Waals surface area contributed by atoms with Gasteiger partial charge >= 0.3 is 18.0 Å². The SMILES string of the molecule is CC(C)(C)C[C@@H]1N(C(F)(F)C(=O)OF)[C@@H](C(=O)O)[C@H](c2cccc(Cl)c2F)[C@@]1(C#N)c1ccc(Cl)cc1. The molecule has 0 aliphatic carbocycles. The Kier molecular flexibility index (Phi) is 7.85. The van der Waals surface area contributed by atoms with Crippen molar-refractivity contribution in [2.45, 2.75) is 56.7 Å². The Hall–Kier alpha value is -2.87. The molecule has 1 fully saturated rings. The van der Waals surface area contributed by atoms with Gasteiger partial charge in [0.25, 0.3) is 0 Å². The van der Waals surface area contributed by atoms with Gasteiger partial charge in [-0.3, -0.25) is 4.79 Å². The number of likely N-dealkylation sites (tertiary alicyclic amines) is 1. The van der Waals surface area contributed by atoms with Crippen LogP contribution in [0, 0.1) is 22.6 Å². The van der Waals surface area contributed by atoms with Gasteiger partial charge in [0.15, 0.2) is 0 Å². The van der Waals surface area contributed by atoms with Gasteiger partial charge in [0, 0.05) is 21.5 Å². The number of alkyl halides is 2. The van der Waals surface area contributed by atoms with Crippen molar-refractivity contribution in [3.63, 3.8) is 0 Å². The van der Waals surface area contributed by atoms with Crippen molar-refractivity contribution < 1.29 is 37.3 Å². The number of carbonyl (C=O) groups is 2. The van der Waals surface area contributed by atoms with Crippen molar-refractivity contribution in [2.75, 3.05) is 0 Å². The van der Waals surface area contributed by atoms with E-state index in [9.17, 15) is 24.5 Å². The minimum Gasteiger partial charge on any atom is -0.480 e. The van der Waals surface area contributed by atoms with Gasteiger partial charge in [-0.2, -0.15) is 14.0 Å². The van der Waals surface area contributed by atoms with E-state index >= 15 is 13.2 Å². The van der Waals surface area contributed by atoms with Gasteiger partial charge in [0.2, 0.25) is 0 Å². The summed E-state index contributed by atoms with van der Waals surface area (Å²) in [7, 11) is 0. The van der Waals surface area contributed by atoms with E-state index in [4.69, 9.17) is 23.2 Å². The molecule has 1 aliphatic rings. The van der Waals surface area contributed by atoms with Crippen LogP contribution in [0.2, 0.25) is 10.0 Å². The summed E-state index contributed by atoms with van der Waals surface area (Å²) < 4.78 is 59.5. The number of hydrogen-bond donors (Lipinski definition) is 1. The van der Waals surface area contributed by atoms with Gasteiger partial charge in [-0.1, -0.05) is 68.2 Å². The van der Waals surface area contributed by atoms with E-state index in [-0.39, 0.29) is 21.9 Å². The maximum absolute atomic E-state index is 15.6. The highest BCUT2D eigenvalue weighted by Crippen LogP contribution is 2.58. The summed E-state index contributed by atoms with van der Waals surface area (Å²) in [5.74, 6) is -7.53. The minimum atomic E-state index is -4.86. The number of carbonyl (C=O) groups excluding carboxylic acids is 1. The zero-order chi connectivity index (χ0) is 27.9. The number of hydrogen-bond acceptors (Lipinski definition) is 5. The van der Waals surface area contributed by atoms with Crippen molar-refractivity contribution >= 4 is 35.1 Å². The molecule has 12 heteroatoms. The lowest BCUT2D eigenvalue weighted by Crippen LogP contribution is -2.58. The second-order valence-corrected chi connectivity index (χ2v) is 10.8. The Morgan fingerprint density at radius 1 is 1.16 bits per heavy atom. The zero-order valence-corrected chi connectivity index (χ0v) is 21.3. The van der Waals surface area contributed by atoms with Crippen LogP contribution in [0.1, 0.15) is 44.2 Å². The van der Waals surface area contributed by atoms with Crippen LogP contribution in [0.5, 0.6) is 0 Å². The molecule has 0 saturated carbocycles. The normalized spacial score (nSPS) is 24.5. The molecule has 0 unspecified atom stereocenters. The van der Waals surface area contributed by atoms with Crippen molar-refractivity contribution in [1.29, 1.82) is 5.26 Å². The molecule has 2 aromatic carbocycles. The molecule has 0 radical (unpaired) electrons. The van der Waals surface area contributed by atoms with Gasteiger partial charge in [-0.05, 0) is 41.2 Å². The first-order valence-corrected chi connectivity index (χ1v) is 11.7. The first-order chi connectivity index (χ1) is 17.1. The van der Waals surface area contributed by atoms with E-state index in [0.717, 1.165) is 6.07 Å². The highest BCUT2D eigenvalue weighted by molar-refractivity contribution is 6.31. The Labute approximate surface area is 220 Å². The van der Waals surface area contributed by atoms with Crippen molar-refractivity contribution in [2.24, 2.45) is 5.41 Å². The molecule has 198 valence electrons. The number of nitriles is 1. The average molecular weight is 561 g/mol. The van der Waals surface area contributed by atoms with Crippen LogP contribution in [0.25, 0.3) is 0 Å². The standard InChI is InChI=1S/C25H22Cl2F4N2O4/c1-23(2,3)11-17-24(12-32,13-7-9-14(26)10-8-13)18(15-5-4-6-16(27)19(15)28)20(21(34)35)33(17)25(29,30)22(36)37-31/h4-10,17-18,20H,11H2,1-3H3,(H,34,35)/t17-,18-,20+,24-/m0/s1. The minimum absolute atomic E-state index is 0.0381. The highest BCUT2D eigenvalue weighted by atomic mass is 35.5. The maximum atomic E-state index is 15.6. The molecule has 0 aromatic heterocycles. The summed E-state index contributed by atoms with van der Waals surface area (Å²) >= 11 is 12.0. The topological polar surface area (TPSA) is 90.6 Å². The summed E-state index contributed by atoms with van der Waals surface area (Å²) in [6, 6.07) is 1.97. The van der Waals surface area contributed by atoms with E-state index in [1.807, 2.05) is 6.07 Å². The first kappa shape index (κ1) is 28.7. The fraction of sp³-hybridized carbons (Fsp3) is 0.400. The molecule has 4 atom stereocenters. The fourth-order valence-corrected chi connectivity index (χ4v) is 5.44. The number of carboxylic acids is 1. The van der Waals surface area contributed by atoms with E-state index in [2.05, 4.69) is 4.94 Å². The van der Waals surface area contributed by atoms with Crippen LogP contribution in [0.4, 0.5) is 17.7 Å². The summed E-state index contributed by atoms with van der Waals surface area (Å²) in [5, 5.41) is 20.7. The van der Waals surface area contributed by atoms with Gasteiger partial charge in [0.05, 0.1) is 11.1 Å². The number of benzene rings is 2. The van der Waals surface area contributed by atoms with Gasteiger partial charge in [-0.25, -0.2) is 19.0 Å². The third-order valence-corrected chi connectivity index (χ3v) is 7.03. The molecule has 1 heterocycles. The Bertz CT molecular complexity index is 1250. The molecule has 37 heavy (non-hydrogen) atoms. The molecular weight excluding hydrogens is 539 g/mol. The summed E-state index contributed by atoms with van der Waals surface area (Å²) in [6.45, 7) is 4.93. The smallest absolute Gasteiger partial charge is 0.434 e. The predicted octanol–water partition coefficient (Wildman–Crippen LogP) is 6.27. The monoisotopic (exact) mass is 560 g/mol. The van der Waals surface area contributed by atoms with Crippen LogP contribution in [-0.2, 0) is 19.9 Å². The van der Waals surface area contributed by atoms with Crippen LogP contribution >= 0.6 is 23.2 Å². The number of halogens is 6. The van der Waals surface area contributed by atoms with E-state index < -0.39 is 63.2 Å². The van der Waals surface area contributed by atoms with E-state index in [1.165, 1.54) is 36.4 Å². The number of rotatable bonds is 6. The molecule has 0 spiro atoms. The molecule has 1 saturated heterocycles. The summed E-state index contributed by atoms with van der Waals surface area (Å²) in [5.41, 5.74) is -3.44.